The van der Waals surface area contributed by atoms with Crippen LogP contribution in [0.2, 0.25) is 10.0 Å². The van der Waals surface area contributed by atoms with E-state index in [9.17, 15) is 0 Å². The lowest BCUT2D eigenvalue weighted by molar-refractivity contribution is 0.922. The first-order valence-corrected chi connectivity index (χ1v) is 7.20. The Hall–Kier alpha value is -1.29. The van der Waals surface area contributed by atoms with E-state index in [0.29, 0.717) is 21.6 Å². The van der Waals surface area contributed by atoms with Gasteiger partial charge < -0.3 is 10.6 Å². The van der Waals surface area contributed by atoms with Crippen molar-refractivity contribution in [1.29, 1.82) is 0 Å². The van der Waals surface area contributed by atoms with Crippen molar-refractivity contribution in [3.63, 3.8) is 0 Å². The van der Waals surface area contributed by atoms with E-state index in [2.05, 4.69) is 0 Å². The fraction of sp³-hybridized carbons (Fsp3) is 0.133. The molecule has 2 aromatic carbocycles. The highest BCUT2D eigenvalue weighted by atomic mass is 35.5. The summed E-state index contributed by atoms with van der Waals surface area (Å²) in [7, 11) is 1.97. The smallest absolute Gasteiger partial charge is 0.106 e. The van der Waals surface area contributed by atoms with Gasteiger partial charge in [0.2, 0.25) is 0 Å². The average molecular weight is 325 g/mol. The zero-order valence-electron chi connectivity index (χ0n) is 10.9. The van der Waals surface area contributed by atoms with Crippen molar-refractivity contribution < 1.29 is 0 Å². The molecule has 0 radical (unpaired) electrons. The van der Waals surface area contributed by atoms with Crippen LogP contribution in [0.5, 0.6) is 0 Å². The summed E-state index contributed by atoms with van der Waals surface area (Å²) in [4.78, 5) is 2.43. The van der Waals surface area contributed by atoms with Crippen LogP contribution in [0.3, 0.4) is 0 Å². The summed E-state index contributed by atoms with van der Waals surface area (Å²) in [6.45, 7) is 0.624. The van der Waals surface area contributed by atoms with Crippen molar-refractivity contribution in [1.82, 2.24) is 0 Å². The van der Waals surface area contributed by atoms with Crippen LogP contribution >= 0.6 is 35.4 Å². The minimum Gasteiger partial charge on any atom is -0.389 e. The monoisotopic (exact) mass is 324 g/mol. The standard InChI is InChI=1S/C15H14Cl2N2S/c1-19(9-10-5-4-7-12(16)14(10)17)13-8-3-2-6-11(13)15(18)20/h2-8H,9H2,1H3,(H2,18,20). The minimum atomic E-state index is 0.379. The van der Waals surface area contributed by atoms with Crippen molar-refractivity contribution in [2.75, 3.05) is 11.9 Å². The predicted molar refractivity (Wildman–Crippen MR) is 90.9 cm³/mol. The summed E-state index contributed by atoms with van der Waals surface area (Å²) < 4.78 is 0. The molecule has 0 aliphatic heterocycles. The van der Waals surface area contributed by atoms with Crippen molar-refractivity contribution in [3.05, 3.63) is 63.6 Å². The van der Waals surface area contributed by atoms with E-state index in [1.165, 1.54) is 0 Å². The van der Waals surface area contributed by atoms with Gasteiger partial charge in [0.25, 0.3) is 0 Å². The topological polar surface area (TPSA) is 29.3 Å². The first-order valence-electron chi connectivity index (χ1n) is 6.03. The molecule has 2 N–H and O–H groups in total. The van der Waals surface area contributed by atoms with Gasteiger partial charge in [-0.15, -0.1) is 0 Å². The number of hydrogen-bond acceptors (Lipinski definition) is 2. The molecule has 0 saturated carbocycles. The molecule has 2 nitrogen and oxygen atoms in total. The van der Waals surface area contributed by atoms with E-state index in [4.69, 9.17) is 41.2 Å². The molecule has 0 amide bonds. The van der Waals surface area contributed by atoms with E-state index >= 15 is 0 Å². The number of thiocarbonyl (C=S) groups is 1. The van der Waals surface area contributed by atoms with Crippen molar-refractivity contribution in [2.24, 2.45) is 5.73 Å². The molecule has 2 rings (SSSR count). The molecule has 20 heavy (non-hydrogen) atoms. The molecule has 5 heteroatoms. The van der Waals surface area contributed by atoms with Gasteiger partial charge >= 0.3 is 0 Å². The Balaban J connectivity index is 2.31. The molecule has 0 aliphatic carbocycles. The van der Waals surface area contributed by atoms with E-state index in [1.807, 2.05) is 48.3 Å². The summed E-state index contributed by atoms with van der Waals surface area (Å²) in [5.41, 5.74) is 8.53. The normalized spacial score (nSPS) is 10.3. The Kier molecular flexibility index (Phi) is 4.86. The zero-order chi connectivity index (χ0) is 14.7. The maximum atomic E-state index is 6.22. The second-order valence-corrected chi connectivity index (χ2v) is 5.68. The highest BCUT2D eigenvalue weighted by Crippen LogP contribution is 2.28. The lowest BCUT2D eigenvalue weighted by Crippen LogP contribution is -2.21. The number of rotatable bonds is 4. The van der Waals surface area contributed by atoms with Crippen molar-refractivity contribution >= 4 is 46.1 Å². The maximum Gasteiger partial charge on any atom is 0.106 e. The van der Waals surface area contributed by atoms with Gasteiger partial charge in [-0.05, 0) is 23.8 Å². The maximum absolute atomic E-state index is 6.22. The largest absolute Gasteiger partial charge is 0.389 e. The Morgan fingerprint density at radius 2 is 1.85 bits per heavy atom. The van der Waals surface area contributed by atoms with Crippen molar-refractivity contribution in [2.45, 2.75) is 6.54 Å². The van der Waals surface area contributed by atoms with Gasteiger partial charge in [-0.3, -0.25) is 0 Å². The molecule has 0 aromatic heterocycles. The lowest BCUT2D eigenvalue weighted by atomic mass is 10.1. The third-order valence-electron chi connectivity index (χ3n) is 3.02. The molecule has 2 aromatic rings. The van der Waals surface area contributed by atoms with Gasteiger partial charge in [-0.25, -0.2) is 0 Å². The summed E-state index contributed by atoms with van der Waals surface area (Å²) in [6, 6.07) is 13.4. The summed E-state index contributed by atoms with van der Waals surface area (Å²) in [5, 5.41) is 1.13. The fourth-order valence-electron chi connectivity index (χ4n) is 2.03. The van der Waals surface area contributed by atoms with Crippen LogP contribution in [-0.2, 0) is 6.54 Å². The third-order valence-corrected chi connectivity index (χ3v) is 4.10. The Labute approximate surface area is 134 Å². The number of benzene rings is 2. The van der Waals surface area contributed by atoms with Crippen LogP contribution in [0.1, 0.15) is 11.1 Å². The zero-order valence-corrected chi connectivity index (χ0v) is 13.3. The Bertz CT molecular complexity index is 644. The molecule has 0 fully saturated rings. The number of para-hydroxylation sites is 1. The number of hydrogen-bond donors (Lipinski definition) is 1. The van der Waals surface area contributed by atoms with E-state index in [1.54, 1.807) is 6.07 Å². The molecular formula is C15H14Cl2N2S. The van der Waals surface area contributed by atoms with Gasteiger partial charge in [-0.2, -0.15) is 0 Å². The second kappa shape index (κ2) is 6.44. The van der Waals surface area contributed by atoms with Crippen LogP contribution < -0.4 is 10.6 Å². The molecule has 0 bridgehead atoms. The summed E-state index contributed by atoms with van der Waals surface area (Å²) in [6.07, 6.45) is 0. The van der Waals surface area contributed by atoms with E-state index in [0.717, 1.165) is 16.8 Å². The summed E-state index contributed by atoms with van der Waals surface area (Å²) in [5.74, 6) is 0. The van der Waals surface area contributed by atoms with Gasteiger partial charge in [0.1, 0.15) is 4.99 Å². The van der Waals surface area contributed by atoms with Gasteiger partial charge in [-0.1, -0.05) is 59.7 Å². The van der Waals surface area contributed by atoms with Crippen LogP contribution in [0, 0.1) is 0 Å². The minimum absolute atomic E-state index is 0.379. The molecule has 0 atom stereocenters. The number of nitrogens with two attached hydrogens (primary N) is 1. The van der Waals surface area contributed by atoms with E-state index in [-0.39, 0.29) is 0 Å². The SMILES string of the molecule is CN(Cc1cccc(Cl)c1Cl)c1ccccc1C(N)=S. The Morgan fingerprint density at radius 1 is 1.15 bits per heavy atom. The van der Waals surface area contributed by atoms with Crippen LogP contribution in [-0.4, -0.2) is 12.0 Å². The quantitative estimate of drug-likeness (QED) is 0.852. The molecule has 0 spiro atoms. The molecular weight excluding hydrogens is 311 g/mol. The molecule has 0 unspecified atom stereocenters. The molecule has 0 aliphatic rings. The fourth-order valence-corrected chi connectivity index (χ4v) is 2.58. The van der Waals surface area contributed by atoms with Crippen molar-refractivity contribution in [3.8, 4) is 0 Å². The number of anilines is 1. The average Bonchev–Trinajstić information content (AvgIpc) is 2.43. The second-order valence-electron chi connectivity index (χ2n) is 4.45. The molecule has 0 saturated heterocycles. The van der Waals surface area contributed by atoms with Crippen LogP contribution in [0.4, 0.5) is 5.69 Å². The van der Waals surface area contributed by atoms with Gasteiger partial charge in [0.15, 0.2) is 0 Å². The Morgan fingerprint density at radius 3 is 2.55 bits per heavy atom. The number of nitrogens with zero attached hydrogens (tertiary/aromatic N) is 1. The predicted octanol–water partition coefficient (Wildman–Crippen LogP) is 4.26. The molecule has 104 valence electrons. The highest BCUT2D eigenvalue weighted by Gasteiger charge is 2.11. The van der Waals surface area contributed by atoms with Crippen LogP contribution in [0.25, 0.3) is 0 Å². The lowest BCUT2D eigenvalue weighted by Gasteiger charge is -2.23. The first kappa shape index (κ1) is 15.1. The van der Waals surface area contributed by atoms with Gasteiger partial charge in [0.05, 0.1) is 10.0 Å². The molecule has 0 heterocycles. The third kappa shape index (κ3) is 3.23. The van der Waals surface area contributed by atoms with Crippen LogP contribution in [0.15, 0.2) is 42.5 Å². The van der Waals surface area contributed by atoms with Gasteiger partial charge in [0, 0.05) is 24.8 Å². The van der Waals surface area contributed by atoms with E-state index < -0.39 is 0 Å². The summed E-state index contributed by atoms with van der Waals surface area (Å²) >= 11 is 17.3. The highest BCUT2D eigenvalue weighted by molar-refractivity contribution is 7.80. The number of halogens is 2. The first-order chi connectivity index (χ1) is 9.50.